The van der Waals surface area contributed by atoms with Crippen LogP contribution in [0.4, 0.5) is 11.6 Å². The Kier molecular flexibility index (Phi) is 4.69. The van der Waals surface area contributed by atoms with Gasteiger partial charge in [-0.1, -0.05) is 15.9 Å². The molecule has 26 heavy (non-hydrogen) atoms. The van der Waals surface area contributed by atoms with Gasteiger partial charge in [0.2, 0.25) is 11.9 Å². The molecule has 0 radical (unpaired) electrons. The zero-order chi connectivity index (χ0) is 18.1. The summed E-state index contributed by atoms with van der Waals surface area (Å²) >= 11 is 3.37. The van der Waals surface area contributed by atoms with Crippen LogP contribution >= 0.6 is 15.9 Å². The number of carbonyl (C=O) groups excluding carboxylic acids is 2. The minimum atomic E-state index is -0.384. The quantitative estimate of drug-likeness (QED) is 0.710. The number of benzene rings is 1. The third-order valence-electron chi connectivity index (χ3n) is 4.80. The lowest BCUT2D eigenvalue weighted by atomic mass is 10.2. The van der Waals surface area contributed by atoms with E-state index in [9.17, 15) is 9.59 Å². The van der Waals surface area contributed by atoms with Crippen molar-refractivity contribution >= 4 is 39.4 Å². The normalized spacial score (nSPS) is 21.5. The molecule has 0 N–H and O–H groups in total. The molecule has 134 valence electrons. The first kappa shape index (κ1) is 17.1. The highest BCUT2D eigenvalue weighted by atomic mass is 79.9. The first-order valence-corrected chi connectivity index (χ1v) is 9.31. The Morgan fingerprint density at radius 1 is 0.962 bits per heavy atom. The molecule has 0 aliphatic carbocycles. The maximum atomic E-state index is 12.9. The number of amides is 2. The number of hydrogen-bond donors (Lipinski definition) is 0. The highest BCUT2D eigenvalue weighted by molar-refractivity contribution is 9.10. The Morgan fingerprint density at radius 3 is 2.27 bits per heavy atom. The summed E-state index contributed by atoms with van der Waals surface area (Å²) in [6.07, 6.45) is 3.69. The molecular formula is C18H18BrN5O2. The van der Waals surface area contributed by atoms with E-state index >= 15 is 0 Å². The van der Waals surface area contributed by atoms with Gasteiger partial charge in [-0.15, -0.1) is 0 Å². The number of halogens is 1. The predicted molar refractivity (Wildman–Crippen MR) is 101 cm³/mol. The van der Waals surface area contributed by atoms with Gasteiger partial charge in [-0.2, -0.15) is 0 Å². The largest absolute Gasteiger partial charge is 0.338 e. The SMILES string of the molecule is O=C1C[C@@H](N2CCN(c3ncccn3)CC2)C(=O)N1c1ccc(Br)cc1. The lowest BCUT2D eigenvalue weighted by Gasteiger charge is -2.36. The smallest absolute Gasteiger partial charge is 0.251 e. The van der Waals surface area contributed by atoms with Crippen LogP contribution in [-0.4, -0.2) is 58.9 Å². The average molecular weight is 416 g/mol. The van der Waals surface area contributed by atoms with Crippen LogP contribution in [0.3, 0.4) is 0 Å². The molecule has 8 heteroatoms. The van der Waals surface area contributed by atoms with Crippen LogP contribution in [-0.2, 0) is 9.59 Å². The molecule has 1 aromatic carbocycles. The molecule has 2 aliphatic heterocycles. The average Bonchev–Trinajstić information content (AvgIpc) is 2.98. The molecule has 0 unspecified atom stereocenters. The second kappa shape index (κ2) is 7.13. The third-order valence-corrected chi connectivity index (χ3v) is 5.33. The molecule has 2 aromatic rings. The minimum Gasteiger partial charge on any atom is -0.338 e. The van der Waals surface area contributed by atoms with Crippen LogP contribution < -0.4 is 9.80 Å². The van der Waals surface area contributed by atoms with Gasteiger partial charge in [0.15, 0.2) is 0 Å². The molecule has 2 saturated heterocycles. The predicted octanol–water partition coefficient (Wildman–Crippen LogP) is 1.69. The van der Waals surface area contributed by atoms with Gasteiger partial charge in [-0.3, -0.25) is 14.5 Å². The second-order valence-corrected chi connectivity index (χ2v) is 7.25. The monoisotopic (exact) mass is 415 g/mol. The van der Waals surface area contributed by atoms with Crippen molar-refractivity contribution in [1.29, 1.82) is 0 Å². The van der Waals surface area contributed by atoms with Gasteiger partial charge >= 0.3 is 0 Å². The maximum absolute atomic E-state index is 12.9. The third kappa shape index (κ3) is 3.22. The molecule has 2 aliphatic rings. The van der Waals surface area contributed by atoms with Crippen LogP contribution in [0.5, 0.6) is 0 Å². The van der Waals surface area contributed by atoms with Gasteiger partial charge in [0.1, 0.15) is 0 Å². The lowest BCUT2D eigenvalue weighted by Crippen LogP contribution is -2.53. The fraction of sp³-hybridized carbons (Fsp3) is 0.333. The van der Waals surface area contributed by atoms with Crippen LogP contribution in [0.2, 0.25) is 0 Å². The van der Waals surface area contributed by atoms with E-state index in [0.717, 1.165) is 17.6 Å². The number of rotatable bonds is 3. The molecule has 7 nitrogen and oxygen atoms in total. The Hall–Kier alpha value is -2.32. The van der Waals surface area contributed by atoms with E-state index in [4.69, 9.17) is 0 Å². The number of carbonyl (C=O) groups is 2. The van der Waals surface area contributed by atoms with Crippen molar-refractivity contribution in [3.05, 3.63) is 47.2 Å². The van der Waals surface area contributed by atoms with Crippen molar-refractivity contribution < 1.29 is 9.59 Å². The number of imide groups is 1. The fourth-order valence-corrected chi connectivity index (χ4v) is 3.72. The van der Waals surface area contributed by atoms with Crippen molar-refractivity contribution in [2.45, 2.75) is 12.5 Å². The van der Waals surface area contributed by atoms with Crippen molar-refractivity contribution in [3.63, 3.8) is 0 Å². The van der Waals surface area contributed by atoms with Crippen LogP contribution in [0.15, 0.2) is 47.2 Å². The highest BCUT2D eigenvalue weighted by Crippen LogP contribution is 2.27. The number of aromatic nitrogens is 2. The summed E-state index contributed by atoms with van der Waals surface area (Å²) in [5, 5.41) is 0. The molecule has 0 saturated carbocycles. The van der Waals surface area contributed by atoms with Gasteiger partial charge in [-0.05, 0) is 30.3 Å². The zero-order valence-electron chi connectivity index (χ0n) is 14.1. The van der Waals surface area contributed by atoms with Crippen LogP contribution in [0.25, 0.3) is 0 Å². The Bertz CT molecular complexity index is 806. The van der Waals surface area contributed by atoms with Crippen molar-refractivity contribution in [1.82, 2.24) is 14.9 Å². The molecule has 2 fully saturated rings. The van der Waals surface area contributed by atoms with Crippen molar-refractivity contribution in [2.24, 2.45) is 0 Å². The molecule has 1 atom stereocenters. The molecule has 1 aromatic heterocycles. The molecule has 3 heterocycles. The maximum Gasteiger partial charge on any atom is 0.251 e. The van der Waals surface area contributed by atoms with Gasteiger partial charge in [0.05, 0.1) is 18.2 Å². The number of piperazine rings is 1. The Morgan fingerprint density at radius 2 is 1.62 bits per heavy atom. The van der Waals surface area contributed by atoms with Gasteiger partial charge < -0.3 is 4.90 Å². The molecule has 0 bridgehead atoms. The van der Waals surface area contributed by atoms with Gasteiger partial charge in [0, 0.05) is 43.0 Å². The summed E-state index contributed by atoms with van der Waals surface area (Å²) in [5.74, 6) is 0.426. The summed E-state index contributed by atoms with van der Waals surface area (Å²) in [6, 6.07) is 8.65. The standard InChI is InChI=1S/C18H18BrN5O2/c19-13-2-4-14(5-3-13)24-16(25)12-15(17(24)26)22-8-10-23(11-9-22)18-20-6-1-7-21-18/h1-7,15H,8-12H2/t15-/m1/s1. The number of nitrogens with zero attached hydrogens (tertiary/aromatic N) is 5. The zero-order valence-corrected chi connectivity index (χ0v) is 15.7. The van der Waals surface area contributed by atoms with Gasteiger partial charge in [-0.25, -0.2) is 14.9 Å². The van der Waals surface area contributed by atoms with E-state index in [2.05, 4.69) is 35.7 Å². The molecule has 2 amide bonds. The van der Waals surface area contributed by atoms with E-state index in [1.807, 2.05) is 12.1 Å². The van der Waals surface area contributed by atoms with E-state index in [-0.39, 0.29) is 24.3 Å². The summed E-state index contributed by atoms with van der Waals surface area (Å²) in [7, 11) is 0. The summed E-state index contributed by atoms with van der Waals surface area (Å²) in [6.45, 7) is 2.88. The van der Waals surface area contributed by atoms with Crippen molar-refractivity contribution in [3.8, 4) is 0 Å². The summed E-state index contributed by atoms with van der Waals surface area (Å²) in [5.41, 5.74) is 0.627. The summed E-state index contributed by atoms with van der Waals surface area (Å²) < 4.78 is 0.913. The van der Waals surface area contributed by atoms with Crippen LogP contribution in [0, 0.1) is 0 Å². The molecular weight excluding hydrogens is 398 g/mol. The van der Waals surface area contributed by atoms with E-state index in [0.29, 0.717) is 24.7 Å². The Balaban J connectivity index is 1.44. The topological polar surface area (TPSA) is 69.6 Å². The van der Waals surface area contributed by atoms with Gasteiger partial charge in [0.25, 0.3) is 5.91 Å². The van der Waals surface area contributed by atoms with E-state index in [1.54, 1.807) is 30.6 Å². The first-order chi connectivity index (χ1) is 12.6. The number of anilines is 2. The molecule has 4 rings (SSSR count). The van der Waals surface area contributed by atoms with Crippen LogP contribution in [0.1, 0.15) is 6.42 Å². The highest BCUT2D eigenvalue weighted by Gasteiger charge is 2.43. The van der Waals surface area contributed by atoms with E-state index in [1.165, 1.54) is 4.90 Å². The van der Waals surface area contributed by atoms with Crippen molar-refractivity contribution in [2.75, 3.05) is 36.0 Å². The first-order valence-electron chi connectivity index (χ1n) is 8.52. The van der Waals surface area contributed by atoms with E-state index < -0.39 is 0 Å². The summed E-state index contributed by atoms with van der Waals surface area (Å²) in [4.78, 5) is 39.4. The minimum absolute atomic E-state index is 0.137. The molecule has 0 spiro atoms. The Labute approximate surface area is 159 Å². The number of hydrogen-bond acceptors (Lipinski definition) is 6. The second-order valence-electron chi connectivity index (χ2n) is 6.34. The fourth-order valence-electron chi connectivity index (χ4n) is 3.45. The lowest BCUT2D eigenvalue weighted by molar-refractivity contribution is -0.123.